The van der Waals surface area contributed by atoms with Crippen LogP contribution in [0.4, 0.5) is 0 Å². The van der Waals surface area contributed by atoms with Crippen LogP contribution < -0.4 is 9.47 Å². The molecule has 4 rings (SSSR count). The van der Waals surface area contributed by atoms with Crippen LogP contribution in [-0.4, -0.2) is 36.2 Å². The molecule has 0 N–H and O–H groups in total. The molecule has 1 aliphatic rings. The van der Waals surface area contributed by atoms with Crippen LogP contribution in [0.3, 0.4) is 0 Å². The van der Waals surface area contributed by atoms with Gasteiger partial charge in [0.05, 0.1) is 10.6 Å². The molecular weight excluding hydrogens is 336 g/mol. The minimum atomic E-state index is 0.00359. The first-order valence-corrected chi connectivity index (χ1v) is 9.14. The zero-order chi connectivity index (χ0) is 17.2. The third kappa shape index (κ3) is 3.55. The summed E-state index contributed by atoms with van der Waals surface area (Å²) in [4.78, 5) is 7.89. The molecule has 0 spiro atoms. The lowest BCUT2D eigenvalue weighted by Crippen LogP contribution is -2.39. The van der Waals surface area contributed by atoms with E-state index in [-0.39, 0.29) is 6.10 Å². The first-order chi connectivity index (χ1) is 12.2. The van der Waals surface area contributed by atoms with E-state index in [4.69, 9.17) is 13.9 Å². The van der Waals surface area contributed by atoms with Crippen molar-refractivity contribution in [3.05, 3.63) is 53.2 Å². The number of para-hydroxylation sites is 2. The summed E-state index contributed by atoms with van der Waals surface area (Å²) in [6.07, 6.45) is 0.00359. The van der Waals surface area contributed by atoms with Crippen LogP contribution in [0, 0.1) is 6.92 Å². The first-order valence-electron chi connectivity index (χ1n) is 8.26. The number of likely N-dealkylation sites (N-methyl/N-ethyl adjacent to an activating group) is 1. The van der Waals surface area contributed by atoms with E-state index in [2.05, 4.69) is 16.9 Å². The topological polar surface area (TPSA) is 47.7 Å². The maximum atomic E-state index is 6.03. The molecule has 25 heavy (non-hydrogen) atoms. The van der Waals surface area contributed by atoms with Gasteiger partial charge in [-0.25, -0.2) is 4.98 Å². The number of aryl methyl sites for hydroxylation is 1. The third-order valence-corrected chi connectivity index (χ3v) is 4.98. The Hall–Kier alpha value is -2.31. The Balaban J connectivity index is 1.39. The fraction of sp³-hybridized carbons (Fsp3) is 0.316. The molecule has 0 bridgehead atoms. The second-order valence-corrected chi connectivity index (χ2v) is 7.14. The first kappa shape index (κ1) is 16.2. The van der Waals surface area contributed by atoms with Crippen molar-refractivity contribution < 1.29 is 13.9 Å². The van der Waals surface area contributed by atoms with E-state index < -0.39 is 0 Å². The summed E-state index contributed by atoms with van der Waals surface area (Å²) < 4.78 is 17.6. The second-order valence-electron chi connectivity index (χ2n) is 6.19. The highest BCUT2D eigenvalue weighted by atomic mass is 32.1. The van der Waals surface area contributed by atoms with E-state index in [1.807, 2.05) is 48.7 Å². The summed E-state index contributed by atoms with van der Waals surface area (Å²) in [5.74, 6) is 3.18. The van der Waals surface area contributed by atoms with E-state index >= 15 is 0 Å². The Morgan fingerprint density at radius 1 is 1.20 bits per heavy atom. The maximum absolute atomic E-state index is 6.03. The van der Waals surface area contributed by atoms with Crippen LogP contribution in [0.2, 0.25) is 0 Å². The van der Waals surface area contributed by atoms with Crippen LogP contribution >= 0.6 is 11.3 Å². The number of hydrogen-bond donors (Lipinski definition) is 0. The highest BCUT2D eigenvalue weighted by molar-refractivity contribution is 7.13. The van der Waals surface area contributed by atoms with Gasteiger partial charge in [-0.3, -0.25) is 4.90 Å². The molecule has 0 aliphatic carbocycles. The molecule has 6 heteroatoms. The molecule has 0 fully saturated rings. The van der Waals surface area contributed by atoms with Crippen molar-refractivity contribution in [3.63, 3.8) is 0 Å². The van der Waals surface area contributed by atoms with Crippen molar-refractivity contribution in [2.24, 2.45) is 0 Å². The van der Waals surface area contributed by atoms with Crippen molar-refractivity contribution in [1.29, 1.82) is 0 Å². The molecule has 3 aromatic rings. The van der Waals surface area contributed by atoms with Gasteiger partial charge in [0.15, 0.2) is 11.5 Å². The van der Waals surface area contributed by atoms with Crippen molar-refractivity contribution >= 4 is 11.3 Å². The van der Waals surface area contributed by atoms with Gasteiger partial charge in [0.1, 0.15) is 18.5 Å². The van der Waals surface area contributed by atoms with Gasteiger partial charge in [-0.1, -0.05) is 18.2 Å². The number of thiophene rings is 1. The van der Waals surface area contributed by atoms with E-state index in [0.29, 0.717) is 19.0 Å². The molecule has 1 atom stereocenters. The average molecular weight is 356 g/mol. The molecule has 0 radical (unpaired) electrons. The number of nitrogens with zero attached hydrogens (tertiary/aromatic N) is 2. The number of rotatable bonds is 5. The highest BCUT2D eigenvalue weighted by Gasteiger charge is 2.23. The molecule has 5 nitrogen and oxygen atoms in total. The number of oxazole rings is 1. The van der Waals surface area contributed by atoms with Crippen LogP contribution in [-0.2, 0) is 6.54 Å². The van der Waals surface area contributed by atoms with Crippen molar-refractivity contribution in [2.75, 3.05) is 20.2 Å². The minimum absolute atomic E-state index is 0.00359. The summed E-state index contributed by atoms with van der Waals surface area (Å²) in [5.41, 5.74) is 0.961. The zero-order valence-electron chi connectivity index (χ0n) is 14.3. The summed E-state index contributed by atoms with van der Waals surface area (Å²) in [6, 6.07) is 11.8. The largest absolute Gasteiger partial charge is 0.486 e. The summed E-state index contributed by atoms with van der Waals surface area (Å²) in [7, 11) is 2.06. The molecule has 1 unspecified atom stereocenters. The van der Waals surface area contributed by atoms with E-state index in [0.717, 1.165) is 34.4 Å². The number of ether oxygens (including phenoxy) is 2. The van der Waals surface area contributed by atoms with Gasteiger partial charge >= 0.3 is 0 Å². The lowest BCUT2D eigenvalue weighted by Gasteiger charge is -2.29. The van der Waals surface area contributed by atoms with Gasteiger partial charge in [-0.05, 0) is 37.6 Å². The molecule has 1 aromatic carbocycles. The summed E-state index contributed by atoms with van der Waals surface area (Å²) in [6.45, 7) is 3.99. The normalized spacial score (nSPS) is 16.4. The Bertz CT molecular complexity index is 844. The average Bonchev–Trinajstić information content (AvgIpc) is 3.25. The van der Waals surface area contributed by atoms with Crippen molar-refractivity contribution in [3.8, 4) is 22.3 Å². The van der Waals surface area contributed by atoms with Gasteiger partial charge in [0.2, 0.25) is 5.89 Å². The molecule has 1 aliphatic heterocycles. The predicted octanol–water partition coefficient (Wildman–Crippen LogP) is 3.98. The second kappa shape index (κ2) is 6.90. The maximum Gasteiger partial charge on any atom is 0.236 e. The van der Waals surface area contributed by atoms with E-state index in [9.17, 15) is 0 Å². The molecular formula is C19H20N2O3S. The number of hydrogen-bond acceptors (Lipinski definition) is 6. The molecule has 130 valence electrons. The fourth-order valence-electron chi connectivity index (χ4n) is 2.90. The van der Waals surface area contributed by atoms with Crippen LogP contribution in [0.1, 0.15) is 11.5 Å². The smallest absolute Gasteiger partial charge is 0.236 e. The molecule has 3 heterocycles. The van der Waals surface area contributed by atoms with Gasteiger partial charge < -0.3 is 13.9 Å². The van der Waals surface area contributed by atoms with Gasteiger partial charge in [-0.2, -0.15) is 0 Å². The Labute approximate surface area is 150 Å². The minimum Gasteiger partial charge on any atom is -0.486 e. The van der Waals surface area contributed by atoms with Crippen LogP contribution in [0.25, 0.3) is 10.8 Å². The Kier molecular flexibility index (Phi) is 4.46. The fourth-order valence-corrected chi connectivity index (χ4v) is 3.55. The van der Waals surface area contributed by atoms with Gasteiger partial charge in [0, 0.05) is 13.1 Å². The predicted molar refractivity (Wildman–Crippen MR) is 97.2 cm³/mol. The molecule has 2 aromatic heterocycles. The van der Waals surface area contributed by atoms with Crippen LogP contribution in [0.5, 0.6) is 11.5 Å². The zero-order valence-corrected chi connectivity index (χ0v) is 15.1. The number of aromatic nitrogens is 1. The summed E-state index contributed by atoms with van der Waals surface area (Å²) >= 11 is 1.63. The lowest BCUT2D eigenvalue weighted by atomic mass is 10.2. The quantitative estimate of drug-likeness (QED) is 0.692. The van der Waals surface area contributed by atoms with Crippen LogP contribution in [0.15, 0.2) is 46.2 Å². The third-order valence-electron chi connectivity index (χ3n) is 4.13. The van der Waals surface area contributed by atoms with E-state index in [1.165, 1.54) is 0 Å². The number of fused-ring (bicyclic) bond motifs is 1. The lowest BCUT2D eigenvalue weighted by molar-refractivity contribution is 0.0634. The summed E-state index contributed by atoms with van der Waals surface area (Å²) in [5, 5.41) is 2.03. The standard InChI is InChI=1S/C19H20N2O3S/c1-13-15(20-19(23-13)18-8-5-9-25-18)11-21(2)10-14-12-22-16-6-3-4-7-17(16)24-14/h3-9,14H,10-12H2,1-2H3. The molecule has 0 saturated carbocycles. The Morgan fingerprint density at radius 2 is 2.04 bits per heavy atom. The van der Waals surface area contributed by atoms with E-state index in [1.54, 1.807) is 11.3 Å². The van der Waals surface area contributed by atoms with Gasteiger partial charge in [0.25, 0.3) is 0 Å². The number of benzene rings is 1. The molecule has 0 amide bonds. The highest BCUT2D eigenvalue weighted by Crippen LogP contribution is 2.31. The SMILES string of the molecule is Cc1oc(-c2cccs2)nc1CN(C)CC1COc2ccccc2O1. The molecule has 0 saturated heterocycles. The monoisotopic (exact) mass is 356 g/mol. The van der Waals surface area contributed by atoms with Crippen molar-refractivity contribution in [1.82, 2.24) is 9.88 Å². The van der Waals surface area contributed by atoms with Crippen molar-refractivity contribution in [2.45, 2.75) is 19.6 Å². The van der Waals surface area contributed by atoms with Gasteiger partial charge in [-0.15, -0.1) is 11.3 Å². The Morgan fingerprint density at radius 3 is 2.84 bits per heavy atom.